The van der Waals surface area contributed by atoms with Gasteiger partial charge in [-0.05, 0) is 43.7 Å². The van der Waals surface area contributed by atoms with Crippen LogP contribution in [0.15, 0.2) is 29.2 Å². The summed E-state index contributed by atoms with van der Waals surface area (Å²) in [5, 5.41) is 0. The van der Waals surface area contributed by atoms with Gasteiger partial charge in [-0.1, -0.05) is 25.1 Å². The standard InChI is InChI=1S/C21H32N2O5S/c1-3-17-6-4-5-7-20(17)29(25,26)22-12-8-18(9-13-22)23(21(24)16-27-2)19-10-14-28-15-11-19/h4-7,18-19H,3,8-16H2,1-2H3. The van der Waals surface area contributed by atoms with E-state index in [0.29, 0.717) is 50.5 Å². The molecule has 0 saturated carbocycles. The van der Waals surface area contributed by atoms with Crippen LogP contribution in [0.25, 0.3) is 0 Å². The van der Waals surface area contributed by atoms with Gasteiger partial charge < -0.3 is 14.4 Å². The molecule has 0 atom stereocenters. The zero-order valence-electron chi connectivity index (χ0n) is 17.4. The van der Waals surface area contributed by atoms with Crippen molar-refractivity contribution in [3.8, 4) is 0 Å². The largest absolute Gasteiger partial charge is 0.381 e. The van der Waals surface area contributed by atoms with Crippen molar-refractivity contribution in [1.82, 2.24) is 9.21 Å². The van der Waals surface area contributed by atoms with Crippen LogP contribution in [0.5, 0.6) is 0 Å². The number of rotatable bonds is 7. The van der Waals surface area contributed by atoms with E-state index >= 15 is 0 Å². The quantitative estimate of drug-likeness (QED) is 0.670. The maximum Gasteiger partial charge on any atom is 0.249 e. The molecule has 3 rings (SSSR count). The number of hydrogen-bond donors (Lipinski definition) is 0. The van der Waals surface area contributed by atoms with Crippen molar-refractivity contribution >= 4 is 15.9 Å². The van der Waals surface area contributed by atoms with Crippen LogP contribution in [0.1, 0.15) is 38.2 Å². The molecular formula is C21H32N2O5S. The second-order valence-electron chi connectivity index (χ2n) is 7.67. The summed E-state index contributed by atoms with van der Waals surface area (Å²) in [7, 11) is -2.00. The lowest BCUT2D eigenvalue weighted by molar-refractivity contribution is -0.143. The number of nitrogens with zero attached hydrogens (tertiary/aromatic N) is 2. The molecule has 0 aliphatic carbocycles. The van der Waals surface area contributed by atoms with Crippen molar-refractivity contribution in [2.24, 2.45) is 0 Å². The number of ether oxygens (including phenoxy) is 2. The molecule has 2 fully saturated rings. The van der Waals surface area contributed by atoms with Crippen molar-refractivity contribution < 1.29 is 22.7 Å². The van der Waals surface area contributed by atoms with Crippen molar-refractivity contribution in [2.75, 3.05) is 40.0 Å². The molecule has 0 radical (unpaired) electrons. The molecule has 0 aromatic heterocycles. The minimum atomic E-state index is -3.52. The predicted octanol–water partition coefficient (Wildman–Crippen LogP) is 2.06. The Labute approximate surface area is 174 Å². The van der Waals surface area contributed by atoms with E-state index in [4.69, 9.17) is 9.47 Å². The first-order valence-corrected chi connectivity index (χ1v) is 11.9. The number of aryl methyl sites for hydroxylation is 1. The van der Waals surface area contributed by atoms with E-state index in [1.165, 1.54) is 7.11 Å². The van der Waals surface area contributed by atoms with Crippen molar-refractivity contribution in [3.05, 3.63) is 29.8 Å². The van der Waals surface area contributed by atoms with Crippen LogP contribution in [0.4, 0.5) is 0 Å². The monoisotopic (exact) mass is 424 g/mol. The topological polar surface area (TPSA) is 76.2 Å². The van der Waals surface area contributed by atoms with Crippen LogP contribution >= 0.6 is 0 Å². The van der Waals surface area contributed by atoms with Gasteiger partial charge in [0, 0.05) is 45.5 Å². The van der Waals surface area contributed by atoms with Gasteiger partial charge in [0.25, 0.3) is 0 Å². The summed E-state index contributed by atoms with van der Waals surface area (Å²) in [4.78, 5) is 15.1. The first kappa shape index (κ1) is 22.2. The molecule has 0 unspecified atom stereocenters. The smallest absolute Gasteiger partial charge is 0.249 e. The molecule has 2 aliphatic rings. The van der Waals surface area contributed by atoms with Gasteiger partial charge in [0.15, 0.2) is 0 Å². The van der Waals surface area contributed by atoms with E-state index in [1.807, 2.05) is 24.0 Å². The Morgan fingerprint density at radius 3 is 2.38 bits per heavy atom. The molecule has 8 heteroatoms. The second kappa shape index (κ2) is 10.0. The van der Waals surface area contributed by atoms with Gasteiger partial charge in [0.1, 0.15) is 6.61 Å². The maximum atomic E-state index is 13.2. The number of sulfonamides is 1. The van der Waals surface area contributed by atoms with Crippen LogP contribution < -0.4 is 0 Å². The summed E-state index contributed by atoms with van der Waals surface area (Å²) < 4.78 is 38.5. The lowest BCUT2D eigenvalue weighted by Gasteiger charge is -2.43. The van der Waals surface area contributed by atoms with E-state index in [0.717, 1.165) is 18.4 Å². The lowest BCUT2D eigenvalue weighted by atomic mass is 9.98. The number of methoxy groups -OCH3 is 1. The van der Waals surface area contributed by atoms with Gasteiger partial charge in [0.05, 0.1) is 4.90 Å². The molecule has 1 amide bonds. The first-order chi connectivity index (χ1) is 14.0. The summed E-state index contributed by atoms with van der Waals surface area (Å²) in [6.45, 7) is 4.18. The minimum Gasteiger partial charge on any atom is -0.381 e. The zero-order chi connectivity index (χ0) is 20.9. The van der Waals surface area contributed by atoms with Crippen molar-refractivity contribution in [1.29, 1.82) is 0 Å². The molecule has 0 N–H and O–H groups in total. The summed E-state index contributed by atoms with van der Waals surface area (Å²) in [6.07, 6.45) is 3.59. The highest BCUT2D eigenvalue weighted by atomic mass is 32.2. The Bertz CT molecular complexity index is 784. The molecule has 1 aromatic rings. The van der Waals surface area contributed by atoms with Crippen LogP contribution in [0, 0.1) is 0 Å². The highest BCUT2D eigenvalue weighted by Crippen LogP contribution is 2.28. The minimum absolute atomic E-state index is 0.0166. The summed E-state index contributed by atoms with van der Waals surface area (Å²) in [5.74, 6) is -0.0166. The number of piperidine rings is 1. The molecule has 2 aliphatic heterocycles. The molecular weight excluding hydrogens is 392 g/mol. The van der Waals surface area contributed by atoms with E-state index in [2.05, 4.69) is 0 Å². The third kappa shape index (κ3) is 4.99. The number of carbonyl (C=O) groups excluding carboxylic acids is 1. The molecule has 29 heavy (non-hydrogen) atoms. The Hall–Kier alpha value is -1.48. The van der Waals surface area contributed by atoms with Crippen LogP contribution in [-0.4, -0.2) is 75.6 Å². The van der Waals surface area contributed by atoms with E-state index < -0.39 is 10.0 Å². The van der Waals surface area contributed by atoms with Crippen LogP contribution in [-0.2, 0) is 30.7 Å². The molecule has 0 spiro atoms. The average molecular weight is 425 g/mol. The zero-order valence-corrected chi connectivity index (χ0v) is 18.2. The fourth-order valence-corrected chi connectivity index (χ4v) is 6.18. The van der Waals surface area contributed by atoms with Gasteiger partial charge in [0.2, 0.25) is 15.9 Å². The Balaban J connectivity index is 1.72. The Morgan fingerprint density at radius 1 is 1.14 bits per heavy atom. The highest BCUT2D eigenvalue weighted by Gasteiger charge is 2.37. The van der Waals surface area contributed by atoms with E-state index in [-0.39, 0.29) is 24.6 Å². The first-order valence-electron chi connectivity index (χ1n) is 10.4. The number of benzene rings is 1. The molecule has 2 heterocycles. The van der Waals surface area contributed by atoms with Crippen LogP contribution in [0.3, 0.4) is 0 Å². The van der Waals surface area contributed by atoms with Crippen molar-refractivity contribution in [2.45, 2.75) is 56.0 Å². The molecule has 7 nitrogen and oxygen atoms in total. The van der Waals surface area contributed by atoms with Gasteiger partial charge >= 0.3 is 0 Å². The van der Waals surface area contributed by atoms with Crippen molar-refractivity contribution in [3.63, 3.8) is 0 Å². The predicted molar refractivity (Wildman–Crippen MR) is 110 cm³/mol. The molecule has 1 aromatic carbocycles. The van der Waals surface area contributed by atoms with Crippen LogP contribution in [0.2, 0.25) is 0 Å². The SMILES string of the molecule is CCc1ccccc1S(=O)(=O)N1CCC(N(C(=O)COC)C2CCOCC2)CC1. The fourth-order valence-electron chi connectivity index (χ4n) is 4.41. The summed E-state index contributed by atoms with van der Waals surface area (Å²) in [5.41, 5.74) is 0.841. The van der Waals surface area contributed by atoms with Gasteiger partial charge in [-0.15, -0.1) is 0 Å². The second-order valence-corrected chi connectivity index (χ2v) is 9.58. The maximum absolute atomic E-state index is 13.2. The number of carbonyl (C=O) groups is 1. The third-order valence-corrected chi connectivity index (χ3v) is 7.93. The Kier molecular flexibility index (Phi) is 7.67. The number of amides is 1. The van der Waals surface area contributed by atoms with Gasteiger partial charge in [-0.2, -0.15) is 4.31 Å². The molecule has 162 valence electrons. The van der Waals surface area contributed by atoms with Gasteiger partial charge in [-0.3, -0.25) is 4.79 Å². The normalized spacial score (nSPS) is 19.9. The summed E-state index contributed by atoms with van der Waals surface area (Å²) in [6, 6.07) is 7.38. The van der Waals surface area contributed by atoms with E-state index in [1.54, 1.807) is 16.4 Å². The fraction of sp³-hybridized carbons (Fsp3) is 0.667. The number of hydrogen-bond acceptors (Lipinski definition) is 5. The highest BCUT2D eigenvalue weighted by molar-refractivity contribution is 7.89. The average Bonchev–Trinajstić information content (AvgIpc) is 2.75. The third-order valence-electron chi connectivity index (χ3n) is 5.93. The summed E-state index contributed by atoms with van der Waals surface area (Å²) >= 11 is 0. The lowest BCUT2D eigenvalue weighted by Crippen LogP contribution is -2.54. The Morgan fingerprint density at radius 2 is 1.76 bits per heavy atom. The molecule has 0 bridgehead atoms. The molecule has 2 saturated heterocycles. The van der Waals surface area contributed by atoms with Gasteiger partial charge in [-0.25, -0.2) is 8.42 Å². The van der Waals surface area contributed by atoms with E-state index in [9.17, 15) is 13.2 Å².